The van der Waals surface area contributed by atoms with E-state index in [1.165, 1.54) is 11.3 Å². The number of benzene rings is 2. The van der Waals surface area contributed by atoms with E-state index in [2.05, 4.69) is 11.8 Å². The zero-order chi connectivity index (χ0) is 22.5. The fraction of sp³-hybridized carbons (Fsp3) is 0.417. The Kier molecular flexibility index (Phi) is 7.12. The SMILES string of the molecule is CCCCOc1cccc(C(=O)N(CCCN(C)C)c2nc3cc4c(cc3s2)OCO4)c1. The van der Waals surface area contributed by atoms with Gasteiger partial charge in [-0.15, -0.1) is 0 Å². The number of nitrogens with zero attached hydrogens (tertiary/aromatic N) is 3. The van der Waals surface area contributed by atoms with E-state index in [0.717, 1.165) is 41.8 Å². The van der Waals surface area contributed by atoms with Crippen molar-refractivity contribution in [3.8, 4) is 17.2 Å². The lowest BCUT2D eigenvalue weighted by Crippen LogP contribution is -2.33. The van der Waals surface area contributed by atoms with Crippen molar-refractivity contribution in [1.29, 1.82) is 0 Å². The van der Waals surface area contributed by atoms with E-state index in [4.69, 9.17) is 19.2 Å². The Morgan fingerprint density at radius 1 is 1.12 bits per heavy atom. The zero-order valence-electron chi connectivity index (χ0n) is 18.8. The topological polar surface area (TPSA) is 64.1 Å². The molecule has 0 fully saturated rings. The second-order valence-electron chi connectivity index (χ2n) is 8.01. The third kappa shape index (κ3) is 5.14. The summed E-state index contributed by atoms with van der Waals surface area (Å²) in [5, 5.41) is 0.671. The molecule has 3 aromatic rings. The van der Waals surface area contributed by atoms with Crippen LogP contribution in [0.5, 0.6) is 17.2 Å². The highest BCUT2D eigenvalue weighted by Crippen LogP contribution is 2.40. The first-order chi connectivity index (χ1) is 15.5. The number of ether oxygens (including phenoxy) is 3. The first kappa shape index (κ1) is 22.4. The molecule has 2 heterocycles. The minimum absolute atomic E-state index is 0.0798. The summed E-state index contributed by atoms with van der Waals surface area (Å²) in [5.74, 6) is 2.04. The third-order valence-corrected chi connectivity index (χ3v) is 6.22. The summed E-state index contributed by atoms with van der Waals surface area (Å²) in [6.07, 6.45) is 2.89. The molecule has 0 aliphatic carbocycles. The van der Waals surface area contributed by atoms with Gasteiger partial charge in [0.2, 0.25) is 6.79 Å². The Labute approximate surface area is 192 Å². The molecule has 0 saturated carbocycles. The van der Waals surface area contributed by atoms with Crippen LogP contribution in [0.2, 0.25) is 0 Å². The minimum Gasteiger partial charge on any atom is -0.494 e. The molecule has 7 nitrogen and oxygen atoms in total. The summed E-state index contributed by atoms with van der Waals surface area (Å²) >= 11 is 1.49. The van der Waals surface area contributed by atoms with E-state index in [0.29, 0.717) is 35.3 Å². The molecule has 2 aromatic carbocycles. The maximum atomic E-state index is 13.6. The van der Waals surface area contributed by atoms with Gasteiger partial charge in [0, 0.05) is 24.2 Å². The highest BCUT2D eigenvalue weighted by Gasteiger charge is 2.23. The molecule has 0 unspecified atom stereocenters. The van der Waals surface area contributed by atoms with Crippen molar-refractivity contribution < 1.29 is 19.0 Å². The van der Waals surface area contributed by atoms with Gasteiger partial charge >= 0.3 is 0 Å². The van der Waals surface area contributed by atoms with Crippen LogP contribution in [-0.2, 0) is 0 Å². The first-order valence-corrected chi connectivity index (χ1v) is 11.8. The van der Waals surface area contributed by atoms with Crippen molar-refractivity contribution in [2.24, 2.45) is 0 Å². The molecule has 0 bridgehead atoms. The largest absolute Gasteiger partial charge is 0.494 e. The predicted molar refractivity (Wildman–Crippen MR) is 127 cm³/mol. The maximum absolute atomic E-state index is 13.6. The van der Waals surface area contributed by atoms with Crippen molar-refractivity contribution in [1.82, 2.24) is 9.88 Å². The lowest BCUT2D eigenvalue weighted by atomic mass is 10.2. The number of amides is 1. The highest BCUT2D eigenvalue weighted by molar-refractivity contribution is 7.22. The van der Waals surface area contributed by atoms with Gasteiger partial charge in [0.1, 0.15) is 5.75 Å². The molecule has 8 heteroatoms. The van der Waals surface area contributed by atoms with Gasteiger partial charge < -0.3 is 19.1 Å². The fourth-order valence-corrected chi connectivity index (χ4v) is 4.46. The average Bonchev–Trinajstić information content (AvgIpc) is 3.40. The average molecular weight is 456 g/mol. The van der Waals surface area contributed by atoms with Gasteiger partial charge in [-0.3, -0.25) is 9.69 Å². The number of hydrogen-bond acceptors (Lipinski definition) is 7. The summed E-state index contributed by atoms with van der Waals surface area (Å²) in [6, 6.07) is 11.2. The lowest BCUT2D eigenvalue weighted by molar-refractivity contribution is 0.0985. The Morgan fingerprint density at radius 2 is 1.94 bits per heavy atom. The van der Waals surface area contributed by atoms with Crippen molar-refractivity contribution in [3.05, 3.63) is 42.0 Å². The molecule has 1 aliphatic heterocycles. The lowest BCUT2D eigenvalue weighted by Gasteiger charge is -2.21. The molecule has 0 atom stereocenters. The van der Waals surface area contributed by atoms with Gasteiger partial charge in [-0.2, -0.15) is 0 Å². The Morgan fingerprint density at radius 3 is 2.72 bits per heavy atom. The van der Waals surface area contributed by atoms with Gasteiger partial charge in [0.25, 0.3) is 5.91 Å². The number of aromatic nitrogens is 1. The molecule has 0 radical (unpaired) electrons. The van der Waals surface area contributed by atoms with E-state index in [-0.39, 0.29) is 12.7 Å². The van der Waals surface area contributed by atoms with E-state index < -0.39 is 0 Å². The van der Waals surface area contributed by atoms with Crippen molar-refractivity contribution in [2.75, 3.05) is 45.5 Å². The van der Waals surface area contributed by atoms with Gasteiger partial charge in [-0.05, 0) is 51.7 Å². The highest BCUT2D eigenvalue weighted by atomic mass is 32.1. The number of thiazole rings is 1. The van der Waals surface area contributed by atoms with E-state index in [1.54, 1.807) is 4.90 Å². The Hall–Kier alpha value is -2.84. The summed E-state index contributed by atoms with van der Waals surface area (Å²) in [5.41, 5.74) is 1.40. The molecular formula is C24H29N3O4S. The van der Waals surface area contributed by atoms with Crippen LogP contribution in [0.1, 0.15) is 36.5 Å². The van der Waals surface area contributed by atoms with Crippen LogP contribution in [0.25, 0.3) is 10.2 Å². The molecule has 32 heavy (non-hydrogen) atoms. The molecule has 1 aromatic heterocycles. The summed E-state index contributed by atoms with van der Waals surface area (Å²) in [7, 11) is 4.06. The number of hydrogen-bond donors (Lipinski definition) is 0. The second-order valence-corrected chi connectivity index (χ2v) is 9.02. The Bertz CT molecular complexity index is 1040. The summed E-state index contributed by atoms with van der Waals surface area (Å²) < 4.78 is 17.7. The first-order valence-electron chi connectivity index (χ1n) is 10.9. The van der Waals surface area contributed by atoms with Crippen LogP contribution in [-0.4, -0.2) is 56.4 Å². The fourth-order valence-electron chi connectivity index (χ4n) is 3.46. The summed E-state index contributed by atoms with van der Waals surface area (Å²) in [4.78, 5) is 22.2. The van der Waals surface area contributed by atoms with Gasteiger partial charge in [0.05, 0.1) is 16.8 Å². The molecule has 1 aliphatic rings. The number of carbonyl (C=O) groups excluding carboxylic acids is 1. The normalized spacial score (nSPS) is 12.5. The maximum Gasteiger partial charge on any atom is 0.260 e. The van der Waals surface area contributed by atoms with Crippen LogP contribution < -0.4 is 19.1 Å². The predicted octanol–water partition coefficient (Wildman–Crippen LogP) is 4.80. The zero-order valence-corrected chi connectivity index (χ0v) is 19.6. The standard InChI is InChI=1S/C24H29N3O4S/c1-4-5-12-29-18-9-6-8-17(13-18)23(28)27(11-7-10-26(2)3)24-25-19-14-20-21(31-16-30-20)15-22(19)32-24/h6,8-9,13-15H,4-5,7,10-12,16H2,1-3H3. The molecule has 170 valence electrons. The van der Waals surface area contributed by atoms with Gasteiger partial charge in [-0.25, -0.2) is 4.98 Å². The van der Waals surface area contributed by atoms with Gasteiger partial charge in [-0.1, -0.05) is 30.7 Å². The van der Waals surface area contributed by atoms with Crippen molar-refractivity contribution >= 4 is 32.6 Å². The number of rotatable bonds is 10. The number of fused-ring (bicyclic) bond motifs is 2. The Balaban J connectivity index is 1.61. The van der Waals surface area contributed by atoms with Crippen LogP contribution >= 0.6 is 11.3 Å². The number of carbonyl (C=O) groups is 1. The van der Waals surface area contributed by atoms with Crippen LogP contribution in [0, 0.1) is 0 Å². The molecule has 4 rings (SSSR count). The van der Waals surface area contributed by atoms with E-state index in [9.17, 15) is 4.79 Å². The van der Waals surface area contributed by atoms with Crippen LogP contribution in [0.4, 0.5) is 5.13 Å². The minimum atomic E-state index is -0.0798. The number of anilines is 1. The van der Waals surface area contributed by atoms with Crippen molar-refractivity contribution in [2.45, 2.75) is 26.2 Å². The molecule has 0 N–H and O–H groups in total. The monoisotopic (exact) mass is 455 g/mol. The molecular weight excluding hydrogens is 426 g/mol. The van der Waals surface area contributed by atoms with E-state index in [1.807, 2.05) is 50.5 Å². The summed E-state index contributed by atoms with van der Waals surface area (Å²) in [6.45, 7) is 4.45. The van der Waals surface area contributed by atoms with E-state index >= 15 is 0 Å². The van der Waals surface area contributed by atoms with Gasteiger partial charge in [0.15, 0.2) is 16.6 Å². The molecule has 0 spiro atoms. The quantitative estimate of drug-likeness (QED) is 0.409. The van der Waals surface area contributed by atoms with Crippen LogP contribution in [0.15, 0.2) is 36.4 Å². The molecule has 0 saturated heterocycles. The molecule has 1 amide bonds. The smallest absolute Gasteiger partial charge is 0.260 e. The number of unbranched alkanes of at least 4 members (excludes halogenated alkanes) is 1. The second kappa shape index (κ2) is 10.2. The van der Waals surface area contributed by atoms with Crippen molar-refractivity contribution in [3.63, 3.8) is 0 Å². The van der Waals surface area contributed by atoms with Crippen LogP contribution in [0.3, 0.4) is 0 Å². The third-order valence-electron chi connectivity index (χ3n) is 5.18.